The fraction of sp³-hybridized carbons (Fsp3) is 0.0597. The molecule has 13 heteroatoms. The van der Waals surface area contributed by atoms with Crippen LogP contribution in [0, 0.1) is 0 Å². The van der Waals surface area contributed by atoms with Crippen molar-refractivity contribution in [2.75, 3.05) is 0 Å². The lowest BCUT2D eigenvalue weighted by Crippen LogP contribution is -2.22. The monoisotopic (exact) mass is 1960 g/mol. The van der Waals surface area contributed by atoms with Gasteiger partial charge < -0.3 is 48.5 Å². The van der Waals surface area contributed by atoms with Crippen LogP contribution in [-0.4, -0.2) is 15.3 Å². The Labute approximate surface area is 858 Å². The largest absolute Gasteiger partial charge is 0.507 e. The first-order valence-electron chi connectivity index (χ1n) is 49.5. The zero-order chi connectivity index (χ0) is 98.7. The second kappa shape index (κ2) is 43.5. The van der Waals surface area contributed by atoms with E-state index in [0.717, 1.165) is 136 Å². The summed E-state index contributed by atoms with van der Waals surface area (Å²) in [5, 5.41) is 62.6. The summed E-state index contributed by atoms with van der Waals surface area (Å²) in [4.78, 5) is 0. The summed E-state index contributed by atoms with van der Waals surface area (Å²) in [5.41, 5.74) is 11.2. The molecule has 0 atom stereocenters. The van der Waals surface area contributed by atoms with Crippen LogP contribution in [-0.2, 0) is 67.1 Å². The van der Waals surface area contributed by atoms with Gasteiger partial charge in [0.2, 0.25) is 0 Å². The minimum Gasteiger partial charge on any atom is -0.507 e. The molecule has 147 heavy (non-hydrogen) atoms. The summed E-state index contributed by atoms with van der Waals surface area (Å²) in [6, 6.07) is 172. The third kappa shape index (κ3) is 20.5. The first kappa shape index (κ1) is 94.0. The lowest BCUT2D eigenvalue weighted by Gasteiger charge is -2.25. The molecule has 0 aromatic heterocycles. The molecule has 712 valence electrons. The van der Waals surface area contributed by atoms with Gasteiger partial charge in [-0.2, -0.15) is 0 Å². The number of benzene rings is 23. The number of hydrogen-bond acceptors (Lipinski definition) is 10. The molecule has 0 fully saturated rings. The first-order valence-corrected chi connectivity index (χ1v) is 53.5. The van der Waals surface area contributed by atoms with E-state index in [0.29, 0.717) is 56.8 Å². The van der Waals surface area contributed by atoms with E-state index in [-0.39, 0.29) is 70.1 Å². The van der Waals surface area contributed by atoms with E-state index in [1.807, 2.05) is 170 Å². The SMILES string of the molecule is Oc1c(COCc2cc(OCc3ccccc3)cc(Oc3cc(COCc4cc5ccccc5c(-c5c(P(c6ccccc6)c6ccccc6)ccc6ccccc56)c4O)cc(Oc4cc(COCc5cc6ccccc6c(-c6c(P(c7ccccc7)c7ccccc7)ccc7ccccc67)c5O)cc(OCc5ccccc5)c4)c3)c2)cc2ccccc2c1-c1c(P(c2ccccc2)c2ccccc2)ccc2ccccc12. The van der Waals surface area contributed by atoms with Crippen LogP contribution in [0.2, 0.25) is 0 Å². The van der Waals surface area contributed by atoms with E-state index in [9.17, 15) is 15.3 Å². The van der Waals surface area contributed by atoms with E-state index in [1.165, 1.54) is 31.8 Å². The van der Waals surface area contributed by atoms with Gasteiger partial charge in [-0.15, -0.1) is 0 Å². The van der Waals surface area contributed by atoms with Crippen LogP contribution in [0.5, 0.6) is 51.7 Å². The molecule has 0 radical (unpaired) electrons. The third-order valence-electron chi connectivity index (χ3n) is 26.9. The zero-order valence-corrected chi connectivity index (χ0v) is 83.2. The van der Waals surface area contributed by atoms with Crippen molar-refractivity contribution in [1.82, 2.24) is 0 Å². The standard InChI is InChI=1S/C134H101O10P3/c135-132-102(77-99-44-28-34-62-120(99)129(132)126-117-59-31-25-41-96(117)65-68-123(126)145(111-47-13-3-14-48-111)112-49-15-4-16-50-112)88-138-83-93-71-105(141-86-91-37-9-1-10-38-91)80-107(73-93)143-109-75-95(85-140-90-104-79-101-46-30-36-64-122(101)131(134(104)137)128-119-61-33-27-43-98(119)67-70-125(128)147(115-55-21-7-22-56-115)116-57-23-8-24-58-116)76-110(82-109)144-108-74-94(72-106(81-108)142-87-92-39-11-2-12-40-92)84-139-89-103-78-100-45-29-35-63-121(100)130(133(103)136)127-118-60-32-26-42-97(118)66-69-124(127)146(113-51-17-5-18-52-113)114-53-19-6-20-54-114/h1-82,135-137H,83-90H2. The Hall–Kier alpha value is -16.6. The lowest BCUT2D eigenvalue weighted by molar-refractivity contribution is 0.105. The molecule has 0 saturated carbocycles. The van der Waals surface area contributed by atoms with Crippen LogP contribution < -0.4 is 66.7 Å². The third-order valence-corrected chi connectivity index (χ3v) is 34.4. The van der Waals surface area contributed by atoms with Gasteiger partial charge in [-0.05, 0) is 219 Å². The molecular formula is C134H101O10P3. The zero-order valence-electron chi connectivity index (χ0n) is 80.5. The van der Waals surface area contributed by atoms with Gasteiger partial charge in [0.15, 0.2) is 0 Å². The number of phenols is 3. The molecule has 0 spiro atoms. The molecule has 0 bridgehead atoms. The number of phenolic OH excluding ortho intramolecular Hbond substituents is 3. The lowest BCUT2D eigenvalue weighted by atomic mass is 9.91. The van der Waals surface area contributed by atoms with Crippen molar-refractivity contribution in [3.63, 3.8) is 0 Å². The van der Waals surface area contributed by atoms with Gasteiger partial charge in [-0.25, -0.2) is 0 Å². The molecule has 0 saturated heterocycles. The van der Waals surface area contributed by atoms with Crippen LogP contribution in [0.4, 0.5) is 0 Å². The Morgan fingerprint density at radius 2 is 0.374 bits per heavy atom. The Kier molecular flexibility index (Phi) is 27.8. The maximum absolute atomic E-state index is 13.5. The molecular weight excluding hydrogens is 1860 g/mol. The average molecular weight is 1960 g/mol. The normalized spacial score (nSPS) is 11.6. The molecule has 23 rings (SSSR count). The maximum Gasteiger partial charge on any atom is 0.131 e. The predicted octanol–water partition coefficient (Wildman–Crippen LogP) is 29.9. The topological polar surface area (TPSA) is 125 Å². The van der Waals surface area contributed by atoms with Gasteiger partial charge in [-0.1, -0.05) is 425 Å². The molecule has 0 aliphatic carbocycles. The Morgan fingerprint density at radius 1 is 0.163 bits per heavy atom. The van der Waals surface area contributed by atoms with E-state index >= 15 is 0 Å². The molecule has 10 nitrogen and oxygen atoms in total. The Bertz CT molecular complexity index is 8200. The van der Waals surface area contributed by atoms with Crippen molar-refractivity contribution >= 4 is 136 Å². The summed E-state index contributed by atoms with van der Waals surface area (Å²) >= 11 is 0. The van der Waals surface area contributed by atoms with Crippen LogP contribution in [0.3, 0.4) is 0 Å². The smallest absolute Gasteiger partial charge is 0.131 e. The molecule has 0 aliphatic heterocycles. The van der Waals surface area contributed by atoms with Crippen molar-refractivity contribution in [2.45, 2.75) is 52.9 Å². The van der Waals surface area contributed by atoms with Crippen LogP contribution >= 0.6 is 23.8 Å². The maximum atomic E-state index is 13.5. The summed E-state index contributed by atoms with van der Waals surface area (Å²) < 4.78 is 48.9. The quantitative estimate of drug-likeness (QED) is 0.0336. The summed E-state index contributed by atoms with van der Waals surface area (Å²) in [7, 11) is -3.42. The van der Waals surface area contributed by atoms with Gasteiger partial charge in [0, 0.05) is 68.3 Å². The second-order valence-electron chi connectivity index (χ2n) is 36.7. The van der Waals surface area contributed by atoms with Gasteiger partial charge in [-0.3, -0.25) is 0 Å². The van der Waals surface area contributed by atoms with Crippen LogP contribution in [0.15, 0.2) is 497 Å². The highest BCUT2D eigenvalue weighted by atomic mass is 31.1. The molecule has 0 amide bonds. The van der Waals surface area contributed by atoms with Crippen molar-refractivity contribution in [3.8, 4) is 85.1 Å². The summed E-state index contributed by atoms with van der Waals surface area (Å²) in [6.07, 6.45) is 0. The molecule has 0 aliphatic rings. The van der Waals surface area contributed by atoms with Crippen molar-refractivity contribution in [2.24, 2.45) is 0 Å². The van der Waals surface area contributed by atoms with Crippen molar-refractivity contribution in [1.29, 1.82) is 0 Å². The van der Waals surface area contributed by atoms with Gasteiger partial charge >= 0.3 is 0 Å². The molecule has 23 aromatic carbocycles. The van der Waals surface area contributed by atoms with E-state index in [4.69, 9.17) is 33.2 Å². The van der Waals surface area contributed by atoms with E-state index in [1.54, 1.807) is 0 Å². The minimum absolute atomic E-state index is 0.0178. The fourth-order valence-electron chi connectivity index (χ4n) is 20.3. The number of ether oxygens (including phenoxy) is 7. The number of rotatable bonds is 34. The Morgan fingerprint density at radius 3 is 0.633 bits per heavy atom. The fourth-order valence-corrected chi connectivity index (χ4v) is 27.7. The number of hydrogen-bond donors (Lipinski definition) is 3. The molecule has 23 aromatic rings. The Balaban J connectivity index is 0.608. The number of fused-ring (bicyclic) bond motifs is 6. The second-order valence-corrected chi connectivity index (χ2v) is 43.2. The van der Waals surface area contributed by atoms with E-state index < -0.39 is 23.8 Å². The van der Waals surface area contributed by atoms with Crippen LogP contribution in [0.1, 0.15) is 44.5 Å². The highest BCUT2D eigenvalue weighted by Crippen LogP contribution is 2.52. The summed E-state index contributed by atoms with van der Waals surface area (Å²) in [6.45, 7) is 0.890. The first-order chi connectivity index (χ1) is 72.6. The van der Waals surface area contributed by atoms with Crippen molar-refractivity contribution in [3.05, 3.63) is 542 Å². The highest BCUT2D eigenvalue weighted by molar-refractivity contribution is 7.81. The van der Waals surface area contributed by atoms with Crippen LogP contribution in [0.25, 0.3) is 98.0 Å². The number of aromatic hydroxyl groups is 3. The van der Waals surface area contributed by atoms with Gasteiger partial charge in [0.25, 0.3) is 0 Å². The average Bonchev–Trinajstić information content (AvgIpc) is 0.742. The molecule has 0 heterocycles. The molecule has 3 N–H and O–H groups in total. The van der Waals surface area contributed by atoms with E-state index in [2.05, 4.69) is 328 Å². The predicted molar refractivity (Wildman–Crippen MR) is 608 cm³/mol. The van der Waals surface area contributed by atoms with Gasteiger partial charge in [0.05, 0.1) is 39.6 Å². The minimum atomic E-state index is -1.15. The van der Waals surface area contributed by atoms with Gasteiger partial charge in [0.1, 0.15) is 65.0 Å². The molecule has 0 unspecified atom stereocenters. The summed E-state index contributed by atoms with van der Waals surface area (Å²) in [5.74, 6) is 3.21. The highest BCUT2D eigenvalue weighted by Gasteiger charge is 2.32. The van der Waals surface area contributed by atoms with Crippen molar-refractivity contribution < 1.29 is 48.5 Å².